The number of aromatic amines is 1. The van der Waals surface area contributed by atoms with Crippen molar-refractivity contribution in [3.05, 3.63) is 64.9 Å². The number of anilines is 2. The van der Waals surface area contributed by atoms with Crippen molar-refractivity contribution in [2.24, 2.45) is 5.92 Å². The average Bonchev–Trinajstić information content (AvgIpc) is 3.43. The number of benzene rings is 2. The Kier molecular flexibility index (Phi) is 6.21. The maximum absolute atomic E-state index is 12.7. The van der Waals surface area contributed by atoms with Crippen LogP contribution < -0.4 is 10.6 Å². The molecule has 4 aromatic rings. The summed E-state index contributed by atoms with van der Waals surface area (Å²) in [5, 5.41) is 9.70. The predicted molar refractivity (Wildman–Crippen MR) is 134 cm³/mol. The standard InChI is InChI=1S/C26H26N4O2S/c31-25(18-5-3-1-2-4-6-18)28-21-11-12-22-23(15-21)30-24(29-22)17-7-9-20(10-8-17)27-26(32)19-13-14-33-16-19/h7-16,18H,1-6H2,(H,27,32)(H,28,31)(H,29,30). The molecule has 0 aliphatic heterocycles. The molecule has 3 N–H and O–H groups in total. The number of hydrogen-bond acceptors (Lipinski definition) is 4. The van der Waals surface area contributed by atoms with E-state index in [2.05, 4.69) is 20.6 Å². The molecule has 1 aliphatic carbocycles. The van der Waals surface area contributed by atoms with Gasteiger partial charge in [0.2, 0.25) is 5.91 Å². The maximum Gasteiger partial charge on any atom is 0.256 e. The highest BCUT2D eigenvalue weighted by Crippen LogP contribution is 2.27. The topological polar surface area (TPSA) is 86.9 Å². The molecule has 2 amide bonds. The molecular weight excluding hydrogens is 432 g/mol. The van der Waals surface area contributed by atoms with Crippen LogP contribution in [-0.2, 0) is 4.79 Å². The lowest BCUT2D eigenvalue weighted by atomic mass is 9.99. The van der Waals surface area contributed by atoms with Crippen LogP contribution in [-0.4, -0.2) is 21.8 Å². The van der Waals surface area contributed by atoms with Crippen LogP contribution in [0.2, 0.25) is 0 Å². The number of hydrogen-bond donors (Lipinski definition) is 3. The van der Waals surface area contributed by atoms with Crippen molar-refractivity contribution in [1.29, 1.82) is 0 Å². The summed E-state index contributed by atoms with van der Waals surface area (Å²) in [6, 6.07) is 15.2. The Hall–Kier alpha value is -3.45. The fourth-order valence-electron chi connectivity index (χ4n) is 4.32. The Balaban J connectivity index is 1.28. The third kappa shape index (κ3) is 4.98. The van der Waals surface area contributed by atoms with Crippen LogP contribution in [0.4, 0.5) is 11.4 Å². The Morgan fingerprint density at radius 3 is 2.39 bits per heavy atom. The molecule has 33 heavy (non-hydrogen) atoms. The minimum atomic E-state index is -0.119. The summed E-state index contributed by atoms with van der Waals surface area (Å²) in [6.07, 6.45) is 6.69. The van der Waals surface area contributed by atoms with Gasteiger partial charge in [0.05, 0.1) is 16.6 Å². The summed E-state index contributed by atoms with van der Waals surface area (Å²) < 4.78 is 0. The van der Waals surface area contributed by atoms with Crippen LogP contribution in [0.25, 0.3) is 22.4 Å². The highest BCUT2D eigenvalue weighted by molar-refractivity contribution is 7.08. The lowest BCUT2D eigenvalue weighted by Crippen LogP contribution is -2.22. The molecule has 0 atom stereocenters. The van der Waals surface area contributed by atoms with Crippen LogP contribution in [0, 0.1) is 5.92 Å². The number of carbonyl (C=O) groups is 2. The number of aromatic nitrogens is 2. The first-order valence-corrected chi connectivity index (χ1v) is 12.3. The van der Waals surface area contributed by atoms with Crippen LogP contribution >= 0.6 is 11.3 Å². The van der Waals surface area contributed by atoms with Crippen molar-refractivity contribution in [3.8, 4) is 11.4 Å². The summed E-state index contributed by atoms with van der Waals surface area (Å²) in [4.78, 5) is 33.0. The van der Waals surface area contributed by atoms with E-state index < -0.39 is 0 Å². The zero-order valence-corrected chi connectivity index (χ0v) is 19.1. The molecule has 2 aromatic carbocycles. The predicted octanol–water partition coefficient (Wildman–Crippen LogP) is 6.45. The Morgan fingerprint density at radius 2 is 1.67 bits per heavy atom. The molecule has 0 radical (unpaired) electrons. The smallest absolute Gasteiger partial charge is 0.256 e. The molecule has 6 nitrogen and oxygen atoms in total. The van der Waals surface area contributed by atoms with Gasteiger partial charge < -0.3 is 15.6 Å². The summed E-state index contributed by atoms with van der Waals surface area (Å²) in [5.74, 6) is 0.856. The van der Waals surface area contributed by atoms with E-state index in [1.54, 1.807) is 6.07 Å². The first-order chi connectivity index (χ1) is 16.2. The van der Waals surface area contributed by atoms with Crippen LogP contribution in [0.5, 0.6) is 0 Å². The molecule has 0 spiro atoms. The highest BCUT2D eigenvalue weighted by atomic mass is 32.1. The lowest BCUT2D eigenvalue weighted by molar-refractivity contribution is -0.120. The second-order valence-corrected chi connectivity index (χ2v) is 9.32. The van der Waals surface area contributed by atoms with E-state index in [1.165, 1.54) is 24.2 Å². The summed E-state index contributed by atoms with van der Waals surface area (Å²) in [5.41, 5.74) is 4.81. The van der Waals surface area contributed by atoms with E-state index in [0.717, 1.165) is 59.5 Å². The molecule has 1 fully saturated rings. The SMILES string of the molecule is O=C(Nc1ccc(-c2nc3ccc(NC(=O)C4CCCCCC4)cc3[nH]2)cc1)c1ccsc1. The number of nitrogens with one attached hydrogen (secondary N) is 3. The third-order valence-corrected chi connectivity index (χ3v) is 6.86. The molecular formula is C26H26N4O2S. The molecule has 1 saturated carbocycles. The third-order valence-electron chi connectivity index (χ3n) is 6.17. The van der Waals surface area contributed by atoms with Crippen molar-refractivity contribution in [3.63, 3.8) is 0 Å². The summed E-state index contributed by atoms with van der Waals surface area (Å²) >= 11 is 1.50. The highest BCUT2D eigenvalue weighted by Gasteiger charge is 2.20. The first-order valence-electron chi connectivity index (χ1n) is 11.4. The van der Waals surface area contributed by atoms with Crippen molar-refractivity contribution in [2.45, 2.75) is 38.5 Å². The maximum atomic E-state index is 12.7. The molecule has 168 valence electrons. The van der Waals surface area contributed by atoms with Crippen LogP contribution in [0.3, 0.4) is 0 Å². The molecule has 1 aliphatic rings. The lowest BCUT2D eigenvalue weighted by Gasteiger charge is -2.14. The van der Waals surface area contributed by atoms with Crippen LogP contribution in [0.1, 0.15) is 48.9 Å². The van der Waals surface area contributed by atoms with E-state index in [0.29, 0.717) is 5.56 Å². The number of fused-ring (bicyclic) bond motifs is 1. The average molecular weight is 459 g/mol. The van der Waals surface area contributed by atoms with Crippen molar-refractivity contribution < 1.29 is 9.59 Å². The summed E-state index contributed by atoms with van der Waals surface area (Å²) in [7, 11) is 0. The van der Waals surface area contributed by atoms with Gasteiger partial charge in [-0.15, -0.1) is 0 Å². The number of amides is 2. The fraction of sp³-hybridized carbons (Fsp3) is 0.269. The second kappa shape index (κ2) is 9.58. The van der Waals surface area contributed by atoms with E-state index in [9.17, 15) is 9.59 Å². The number of rotatable bonds is 5. The Labute approximate surface area is 196 Å². The van der Waals surface area contributed by atoms with Gasteiger partial charge in [0.1, 0.15) is 5.82 Å². The minimum absolute atomic E-state index is 0.110. The van der Waals surface area contributed by atoms with Gasteiger partial charge in [0.25, 0.3) is 5.91 Å². The Morgan fingerprint density at radius 1 is 0.909 bits per heavy atom. The van der Waals surface area contributed by atoms with Crippen LogP contribution in [0.15, 0.2) is 59.3 Å². The number of imidazole rings is 1. The van der Waals surface area contributed by atoms with E-state index >= 15 is 0 Å². The first kappa shape index (κ1) is 21.4. The second-order valence-electron chi connectivity index (χ2n) is 8.54. The number of thiophene rings is 1. The van der Waals surface area contributed by atoms with Crippen molar-refractivity contribution in [2.75, 3.05) is 10.6 Å². The number of nitrogens with zero attached hydrogens (tertiary/aromatic N) is 1. The quantitative estimate of drug-likeness (QED) is 0.300. The van der Waals surface area contributed by atoms with Gasteiger partial charge in [-0.05, 0) is 66.8 Å². The van der Waals surface area contributed by atoms with Crippen molar-refractivity contribution >= 4 is 45.6 Å². The van der Waals surface area contributed by atoms with Gasteiger partial charge in [0, 0.05) is 28.2 Å². The minimum Gasteiger partial charge on any atom is -0.338 e. The van der Waals surface area contributed by atoms with E-state index in [-0.39, 0.29) is 17.7 Å². The van der Waals surface area contributed by atoms with Gasteiger partial charge in [-0.2, -0.15) is 11.3 Å². The molecule has 7 heteroatoms. The normalized spacial score (nSPS) is 14.7. The zero-order valence-electron chi connectivity index (χ0n) is 18.3. The molecule has 0 unspecified atom stereocenters. The number of H-pyrrole nitrogens is 1. The fourth-order valence-corrected chi connectivity index (χ4v) is 4.95. The van der Waals surface area contributed by atoms with Gasteiger partial charge in [-0.1, -0.05) is 25.7 Å². The molecule has 0 bridgehead atoms. The molecule has 2 heterocycles. The molecule has 2 aromatic heterocycles. The molecule has 5 rings (SSSR count). The van der Waals surface area contributed by atoms with Gasteiger partial charge in [0.15, 0.2) is 0 Å². The van der Waals surface area contributed by atoms with E-state index in [1.807, 2.05) is 53.2 Å². The number of carbonyl (C=O) groups excluding carboxylic acids is 2. The van der Waals surface area contributed by atoms with Gasteiger partial charge in [-0.25, -0.2) is 4.98 Å². The monoisotopic (exact) mass is 458 g/mol. The Bertz CT molecular complexity index is 1250. The van der Waals surface area contributed by atoms with Gasteiger partial charge in [-0.3, -0.25) is 9.59 Å². The van der Waals surface area contributed by atoms with Crippen molar-refractivity contribution in [1.82, 2.24) is 9.97 Å². The molecule has 0 saturated heterocycles. The van der Waals surface area contributed by atoms with E-state index in [4.69, 9.17) is 0 Å². The van der Waals surface area contributed by atoms with Gasteiger partial charge >= 0.3 is 0 Å². The summed E-state index contributed by atoms with van der Waals surface area (Å²) in [6.45, 7) is 0. The zero-order chi connectivity index (χ0) is 22.6. The largest absolute Gasteiger partial charge is 0.338 e.